The average molecular weight is 450 g/mol. The number of rotatable bonds is 5. The number of thiazole rings is 1. The Morgan fingerprint density at radius 1 is 1.06 bits per heavy atom. The number of anilines is 1. The molecule has 7 nitrogen and oxygen atoms in total. The number of benzene rings is 2. The smallest absolute Gasteiger partial charge is 0.350 e. The molecule has 164 valence electrons. The highest BCUT2D eigenvalue weighted by atomic mass is 32.1. The molecular formula is C24H23N3O4S. The highest BCUT2D eigenvalue weighted by Crippen LogP contribution is 2.26. The van der Waals surface area contributed by atoms with Crippen LogP contribution in [-0.4, -0.2) is 25.2 Å². The molecular weight excluding hydrogens is 426 g/mol. The zero-order chi connectivity index (χ0) is 22.8. The minimum Gasteiger partial charge on any atom is -0.497 e. The van der Waals surface area contributed by atoms with Crippen LogP contribution in [0.1, 0.15) is 26.5 Å². The van der Waals surface area contributed by atoms with E-state index in [1.165, 1.54) is 18.4 Å². The van der Waals surface area contributed by atoms with Gasteiger partial charge in [-0.15, -0.1) is 0 Å². The maximum Gasteiger partial charge on any atom is 0.350 e. The van der Waals surface area contributed by atoms with Crippen molar-refractivity contribution in [1.29, 1.82) is 0 Å². The van der Waals surface area contributed by atoms with Crippen molar-refractivity contribution in [2.45, 2.75) is 20.8 Å². The maximum absolute atomic E-state index is 11.9. The van der Waals surface area contributed by atoms with Crippen LogP contribution in [0.4, 0.5) is 5.13 Å². The van der Waals surface area contributed by atoms with Gasteiger partial charge in [0.15, 0.2) is 0 Å². The number of hydrogen-bond donors (Lipinski definition) is 1. The summed E-state index contributed by atoms with van der Waals surface area (Å²) in [7, 11) is 2.98. The van der Waals surface area contributed by atoms with E-state index in [-0.39, 0.29) is 0 Å². The monoisotopic (exact) mass is 449 g/mol. The number of nitrogens with one attached hydrogen (secondary N) is 1. The first-order chi connectivity index (χ1) is 15.4. The van der Waals surface area contributed by atoms with E-state index in [9.17, 15) is 4.79 Å². The van der Waals surface area contributed by atoms with Crippen molar-refractivity contribution in [1.82, 2.24) is 4.98 Å². The topological polar surface area (TPSA) is 86.0 Å². The van der Waals surface area contributed by atoms with E-state index < -0.39 is 5.97 Å². The summed E-state index contributed by atoms with van der Waals surface area (Å²) in [5.41, 5.74) is 7.48. The van der Waals surface area contributed by atoms with Crippen molar-refractivity contribution in [3.63, 3.8) is 0 Å². The number of esters is 1. The molecule has 0 saturated heterocycles. The van der Waals surface area contributed by atoms with Gasteiger partial charge in [-0.2, -0.15) is 5.10 Å². The number of fused-ring (bicyclic) bond motifs is 1. The summed E-state index contributed by atoms with van der Waals surface area (Å²) in [6.45, 7) is 5.86. The van der Waals surface area contributed by atoms with Gasteiger partial charge in [-0.1, -0.05) is 11.3 Å². The highest BCUT2D eigenvalue weighted by molar-refractivity contribution is 7.17. The summed E-state index contributed by atoms with van der Waals surface area (Å²) in [6, 6.07) is 13.6. The Morgan fingerprint density at radius 2 is 1.78 bits per heavy atom. The second-order valence-corrected chi connectivity index (χ2v) is 8.30. The molecule has 2 aromatic heterocycles. The Labute approximate surface area is 189 Å². The average Bonchev–Trinajstić information content (AvgIpc) is 3.18. The molecule has 0 spiro atoms. The van der Waals surface area contributed by atoms with Crippen molar-refractivity contribution < 1.29 is 18.7 Å². The van der Waals surface area contributed by atoms with Gasteiger partial charge in [-0.05, 0) is 68.3 Å². The minimum absolute atomic E-state index is 0.412. The number of methoxy groups -OCH3 is 2. The van der Waals surface area contributed by atoms with Crippen LogP contribution in [0.3, 0.4) is 0 Å². The minimum atomic E-state index is -0.412. The Bertz CT molecular complexity index is 1370. The molecule has 32 heavy (non-hydrogen) atoms. The van der Waals surface area contributed by atoms with E-state index in [2.05, 4.69) is 28.5 Å². The molecule has 8 heteroatoms. The van der Waals surface area contributed by atoms with Gasteiger partial charge in [0, 0.05) is 17.0 Å². The molecule has 0 unspecified atom stereocenters. The van der Waals surface area contributed by atoms with E-state index >= 15 is 0 Å². The normalized spacial score (nSPS) is 11.6. The summed E-state index contributed by atoms with van der Waals surface area (Å²) in [5.74, 6) is 1.03. The number of aromatic nitrogens is 1. The van der Waals surface area contributed by atoms with Gasteiger partial charge in [-0.3, -0.25) is 5.43 Å². The fourth-order valence-electron chi connectivity index (χ4n) is 3.25. The van der Waals surface area contributed by atoms with Gasteiger partial charge in [0.2, 0.25) is 5.13 Å². The second kappa shape index (κ2) is 8.84. The molecule has 0 aliphatic rings. The molecule has 0 fully saturated rings. The van der Waals surface area contributed by atoms with Gasteiger partial charge in [0.25, 0.3) is 0 Å². The van der Waals surface area contributed by atoms with Crippen LogP contribution < -0.4 is 15.5 Å². The standard InChI is InChI=1S/C24H23N3O4S/c1-13-10-18-19(26-27-24-25-15(3)22(32-24)23(28)30-5)12-20(31-21(18)11-14(13)2)16-6-8-17(29-4)9-7-16/h6-12H,1-5H3,(H,25,27)/b26-19+. The van der Waals surface area contributed by atoms with Crippen molar-refractivity contribution >= 4 is 33.4 Å². The largest absolute Gasteiger partial charge is 0.497 e. The van der Waals surface area contributed by atoms with Crippen LogP contribution in [0.5, 0.6) is 5.75 Å². The van der Waals surface area contributed by atoms with E-state index in [0.29, 0.717) is 26.8 Å². The van der Waals surface area contributed by atoms with Crippen molar-refractivity contribution in [3.05, 3.63) is 69.5 Å². The SMILES string of the molecule is COC(=O)c1sc(N/N=c2\cc(-c3ccc(OC)cc3)oc3cc(C)c(C)cc23)nc1C. The van der Waals surface area contributed by atoms with E-state index in [1.807, 2.05) is 43.3 Å². The molecule has 0 radical (unpaired) electrons. The van der Waals surface area contributed by atoms with E-state index in [1.54, 1.807) is 14.0 Å². The summed E-state index contributed by atoms with van der Waals surface area (Å²) < 4.78 is 16.3. The molecule has 0 amide bonds. The Morgan fingerprint density at radius 3 is 2.47 bits per heavy atom. The Hall–Kier alpha value is -3.65. The quantitative estimate of drug-likeness (QED) is 0.333. The molecule has 0 aliphatic heterocycles. The number of ether oxygens (including phenoxy) is 2. The second-order valence-electron chi connectivity index (χ2n) is 7.31. The highest BCUT2D eigenvalue weighted by Gasteiger charge is 2.15. The van der Waals surface area contributed by atoms with Gasteiger partial charge < -0.3 is 13.9 Å². The third-order valence-electron chi connectivity index (χ3n) is 5.17. The predicted molar refractivity (Wildman–Crippen MR) is 125 cm³/mol. The van der Waals surface area contributed by atoms with Crippen LogP contribution >= 0.6 is 11.3 Å². The summed E-state index contributed by atoms with van der Waals surface area (Å²) in [5, 5.41) is 6.68. The third kappa shape index (κ3) is 4.22. The first-order valence-corrected chi connectivity index (χ1v) is 10.8. The van der Waals surface area contributed by atoms with Crippen molar-refractivity contribution in [3.8, 4) is 17.1 Å². The lowest BCUT2D eigenvalue weighted by Gasteiger charge is -2.08. The number of aryl methyl sites for hydroxylation is 3. The zero-order valence-electron chi connectivity index (χ0n) is 18.5. The predicted octanol–water partition coefficient (Wildman–Crippen LogP) is 5.20. The number of hydrogen-bond acceptors (Lipinski definition) is 8. The van der Waals surface area contributed by atoms with E-state index in [0.717, 1.165) is 33.4 Å². The van der Waals surface area contributed by atoms with Crippen LogP contribution in [0.2, 0.25) is 0 Å². The lowest BCUT2D eigenvalue weighted by molar-refractivity contribution is 0.0605. The third-order valence-corrected chi connectivity index (χ3v) is 6.22. The van der Waals surface area contributed by atoms with Crippen molar-refractivity contribution in [2.24, 2.45) is 5.10 Å². The van der Waals surface area contributed by atoms with Crippen LogP contribution in [0, 0.1) is 20.8 Å². The Balaban J connectivity index is 1.82. The van der Waals surface area contributed by atoms with Crippen LogP contribution in [0.15, 0.2) is 52.0 Å². The lowest BCUT2D eigenvalue weighted by Crippen LogP contribution is -2.08. The lowest BCUT2D eigenvalue weighted by atomic mass is 10.1. The molecule has 2 aromatic carbocycles. The first kappa shape index (κ1) is 21.6. The Kier molecular flexibility index (Phi) is 5.96. The maximum atomic E-state index is 11.9. The summed E-state index contributed by atoms with van der Waals surface area (Å²) >= 11 is 1.20. The van der Waals surface area contributed by atoms with Crippen LogP contribution in [0.25, 0.3) is 22.3 Å². The molecule has 0 atom stereocenters. The number of carbonyl (C=O) groups excluding carboxylic acids is 1. The van der Waals surface area contributed by atoms with Gasteiger partial charge >= 0.3 is 5.97 Å². The molecule has 2 heterocycles. The number of carbonyl (C=O) groups is 1. The van der Waals surface area contributed by atoms with Gasteiger partial charge in [0.1, 0.15) is 22.0 Å². The van der Waals surface area contributed by atoms with E-state index in [4.69, 9.17) is 13.9 Å². The fraction of sp³-hybridized carbons (Fsp3) is 0.208. The van der Waals surface area contributed by atoms with Crippen LogP contribution in [-0.2, 0) is 4.74 Å². The van der Waals surface area contributed by atoms with Gasteiger partial charge in [0.05, 0.1) is 25.3 Å². The molecule has 4 rings (SSSR count). The first-order valence-electron chi connectivity index (χ1n) is 9.94. The zero-order valence-corrected chi connectivity index (χ0v) is 19.3. The molecule has 1 N–H and O–H groups in total. The van der Waals surface area contributed by atoms with Crippen molar-refractivity contribution in [2.75, 3.05) is 19.6 Å². The molecule has 4 aromatic rings. The van der Waals surface area contributed by atoms with Gasteiger partial charge in [-0.25, -0.2) is 9.78 Å². The number of nitrogens with zero attached hydrogens (tertiary/aromatic N) is 2. The summed E-state index contributed by atoms with van der Waals surface area (Å²) in [4.78, 5) is 16.7. The molecule has 0 saturated carbocycles. The molecule has 0 aliphatic carbocycles. The molecule has 0 bridgehead atoms. The summed E-state index contributed by atoms with van der Waals surface area (Å²) in [6.07, 6.45) is 0. The fourth-order valence-corrected chi connectivity index (χ4v) is 4.08.